The van der Waals surface area contributed by atoms with Crippen LogP contribution in [0, 0.1) is 0 Å². The Hall–Kier alpha value is 0.0200. The molecule has 0 aromatic rings. The second kappa shape index (κ2) is 2.33. The zero-order valence-corrected chi connectivity index (χ0v) is 5.16. The van der Waals surface area contributed by atoms with Crippen molar-refractivity contribution in [3.8, 4) is 0 Å². The topological polar surface area (TPSA) is 49.7 Å². The Morgan fingerprint density at radius 3 is 1.67 bits per heavy atom. The average molecular weight is 166 g/mol. The first kappa shape index (κ1) is 9.02. The van der Waals surface area contributed by atoms with Gasteiger partial charge in [0.1, 0.15) is 0 Å². The molecule has 0 aliphatic rings. The molecule has 9 heavy (non-hydrogen) atoms. The molecule has 0 saturated heterocycles. The summed E-state index contributed by atoms with van der Waals surface area (Å²) in [4.78, 5) is 0. The Bertz CT molecular complexity index is 99.7. The molecule has 7 heteroatoms. The Morgan fingerprint density at radius 2 is 1.67 bits per heavy atom. The van der Waals surface area contributed by atoms with Crippen molar-refractivity contribution in [2.75, 3.05) is 7.11 Å². The fourth-order valence-electron chi connectivity index (χ4n) is 0.0945. The van der Waals surface area contributed by atoms with Crippen molar-refractivity contribution >= 4 is 10.9 Å². The predicted molar refractivity (Wildman–Crippen MR) is 25.9 cm³/mol. The lowest BCUT2D eigenvalue weighted by molar-refractivity contribution is -0.0647. The first-order valence-electron chi connectivity index (χ1n) is 1.71. The van der Waals surface area contributed by atoms with Crippen LogP contribution in [-0.4, -0.2) is 21.7 Å². The Labute approximate surface area is 51.0 Å². The Kier molecular flexibility index (Phi) is 2.34. The molecule has 0 saturated carbocycles. The first-order valence-corrected chi connectivity index (χ1v) is 3.18. The molecule has 0 radical (unpaired) electrons. The molecule has 0 bridgehead atoms. The number of hydrogen-bond acceptors (Lipinski definition) is 3. The highest BCUT2D eigenvalue weighted by Crippen LogP contribution is 2.55. The lowest BCUT2D eigenvalue weighted by atomic mass is 11.6. The van der Waals surface area contributed by atoms with E-state index < -0.39 is 16.4 Å². The third kappa shape index (κ3) is 2.01. The van der Waals surface area contributed by atoms with E-state index in [1.54, 1.807) is 0 Å². The van der Waals surface area contributed by atoms with E-state index in [9.17, 15) is 13.2 Å². The largest absolute Gasteiger partial charge is 0.493 e. The fraction of sp³-hybridized carbons (Fsp3) is 1.00. The van der Waals surface area contributed by atoms with Gasteiger partial charge >= 0.3 is 5.51 Å². The van der Waals surface area contributed by atoms with Crippen LogP contribution in [0.3, 0.4) is 0 Å². The van der Waals surface area contributed by atoms with Crippen LogP contribution < -0.4 is 0 Å². The molecule has 0 aliphatic heterocycles. The van der Waals surface area contributed by atoms with Crippen molar-refractivity contribution in [3.05, 3.63) is 0 Å². The van der Waals surface area contributed by atoms with Gasteiger partial charge in [0.15, 0.2) is 10.9 Å². The van der Waals surface area contributed by atoms with Gasteiger partial charge < -0.3 is 9.11 Å². The third-order valence-corrected chi connectivity index (χ3v) is 1.60. The zero-order valence-electron chi connectivity index (χ0n) is 4.34. The van der Waals surface area contributed by atoms with E-state index in [1.165, 1.54) is 0 Å². The molecule has 0 rings (SSSR count). The summed E-state index contributed by atoms with van der Waals surface area (Å²) in [6, 6.07) is 0. The summed E-state index contributed by atoms with van der Waals surface area (Å²) in [6.45, 7) is 0. The van der Waals surface area contributed by atoms with Gasteiger partial charge in [-0.25, -0.2) is 0 Å². The molecule has 0 amide bonds. The number of hydrogen-bond donors (Lipinski definition) is 2. The van der Waals surface area contributed by atoms with Crippen LogP contribution in [0.25, 0.3) is 0 Å². The average Bonchev–Trinajstić information content (AvgIpc) is 1.64. The normalized spacial score (nSPS) is 15.8. The van der Waals surface area contributed by atoms with Crippen LogP contribution in [0.2, 0.25) is 0 Å². The Balaban J connectivity index is 4.14. The minimum Gasteiger partial charge on any atom is -0.301 e. The molecule has 0 unspecified atom stereocenters. The number of halogens is 3. The van der Waals surface area contributed by atoms with E-state index >= 15 is 0 Å². The minimum absolute atomic E-state index is 0.572. The standard InChI is InChI=1S/C2H5F3O3S/c1-8-9(6,7)2(3,4)5/h6-7H,1H3. The fourth-order valence-corrected chi connectivity index (χ4v) is 0.283. The van der Waals surface area contributed by atoms with E-state index in [-0.39, 0.29) is 0 Å². The van der Waals surface area contributed by atoms with Crippen molar-refractivity contribution < 1.29 is 26.5 Å². The number of rotatable bonds is 1. The monoisotopic (exact) mass is 166 g/mol. The predicted octanol–water partition coefficient (Wildman–Crippen LogP) is 1.82. The van der Waals surface area contributed by atoms with Gasteiger partial charge in [0, 0.05) is 0 Å². The first-order chi connectivity index (χ1) is 3.81. The molecule has 2 N–H and O–H groups in total. The summed E-state index contributed by atoms with van der Waals surface area (Å²) < 4.78 is 53.0. The van der Waals surface area contributed by atoms with Gasteiger partial charge in [-0.2, -0.15) is 13.2 Å². The molecule has 0 spiro atoms. The summed E-state index contributed by atoms with van der Waals surface area (Å²) in [5.74, 6) is 0. The van der Waals surface area contributed by atoms with Crippen molar-refractivity contribution in [3.63, 3.8) is 0 Å². The second-order valence-electron chi connectivity index (χ2n) is 1.11. The van der Waals surface area contributed by atoms with Gasteiger partial charge in [-0.05, 0) is 0 Å². The van der Waals surface area contributed by atoms with E-state index in [0.717, 1.165) is 0 Å². The van der Waals surface area contributed by atoms with Gasteiger partial charge in [0.25, 0.3) is 0 Å². The molecule has 58 valence electrons. The van der Waals surface area contributed by atoms with Gasteiger partial charge in [-0.1, -0.05) is 0 Å². The summed E-state index contributed by atoms with van der Waals surface area (Å²) >= 11 is 0. The van der Waals surface area contributed by atoms with E-state index in [4.69, 9.17) is 9.11 Å². The molecule has 0 aromatic heterocycles. The van der Waals surface area contributed by atoms with E-state index in [2.05, 4.69) is 4.18 Å². The molecule has 3 nitrogen and oxygen atoms in total. The van der Waals surface area contributed by atoms with Gasteiger partial charge in [0.05, 0.1) is 7.11 Å². The van der Waals surface area contributed by atoms with Crippen LogP contribution in [0.1, 0.15) is 0 Å². The summed E-state index contributed by atoms with van der Waals surface area (Å²) in [5, 5.41) is 0. The molecule has 0 heterocycles. The highest BCUT2D eigenvalue weighted by molar-refractivity contribution is 8.20. The molecule has 0 fully saturated rings. The van der Waals surface area contributed by atoms with Crippen LogP contribution in [0.15, 0.2) is 0 Å². The van der Waals surface area contributed by atoms with E-state index in [0.29, 0.717) is 7.11 Å². The van der Waals surface area contributed by atoms with Crippen molar-refractivity contribution in [2.45, 2.75) is 5.51 Å². The molecule has 0 atom stereocenters. The van der Waals surface area contributed by atoms with Crippen molar-refractivity contribution in [1.29, 1.82) is 0 Å². The quantitative estimate of drug-likeness (QED) is 0.624. The minimum atomic E-state index is -5.08. The zero-order chi connectivity index (χ0) is 7.71. The summed E-state index contributed by atoms with van der Waals surface area (Å²) in [7, 11) is -4.26. The van der Waals surface area contributed by atoms with Gasteiger partial charge in [0.2, 0.25) is 0 Å². The number of alkyl halides is 3. The highest BCUT2D eigenvalue weighted by Gasteiger charge is 2.49. The summed E-state index contributed by atoms with van der Waals surface area (Å²) in [6.07, 6.45) is 0. The van der Waals surface area contributed by atoms with Crippen molar-refractivity contribution in [1.82, 2.24) is 0 Å². The van der Waals surface area contributed by atoms with Crippen LogP contribution >= 0.6 is 10.9 Å². The van der Waals surface area contributed by atoms with Crippen LogP contribution in [0.5, 0.6) is 0 Å². The molecule has 0 aliphatic carbocycles. The highest BCUT2D eigenvalue weighted by atomic mass is 32.3. The SMILES string of the molecule is COS(O)(O)C(F)(F)F. The maximum Gasteiger partial charge on any atom is 0.493 e. The van der Waals surface area contributed by atoms with Crippen LogP contribution in [0.4, 0.5) is 13.2 Å². The summed E-state index contributed by atoms with van der Waals surface area (Å²) in [5.41, 5.74) is -5.08. The molecular formula is C2H5F3O3S. The molecular weight excluding hydrogens is 161 g/mol. The smallest absolute Gasteiger partial charge is 0.301 e. The lowest BCUT2D eigenvalue weighted by Gasteiger charge is -2.25. The second-order valence-corrected chi connectivity index (χ2v) is 2.90. The van der Waals surface area contributed by atoms with Crippen molar-refractivity contribution in [2.24, 2.45) is 0 Å². The Morgan fingerprint density at radius 1 is 1.33 bits per heavy atom. The lowest BCUT2D eigenvalue weighted by Crippen LogP contribution is -2.20. The maximum absolute atomic E-state index is 11.2. The third-order valence-electron chi connectivity index (χ3n) is 0.534. The van der Waals surface area contributed by atoms with Gasteiger partial charge in [-0.3, -0.25) is 4.18 Å². The maximum atomic E-state index is 11.2. The van der Waals surface area contributed by atoms with E-state index in [1.807, 2.05) is 0 Å². The van der Waals surface area contributed by atoms with Gasteiger partial charge in [-0.15, -0.1) is 0 Å². The van der Waals surface area contributed by atoms with Crippen LogP contribution in [-0.2, 0) is 4.18 Å². The molecule has 0 aromatic carbocycles.